The molecule has 1 heterocycles. The fourth-order valence-electron chi connectivity index (χ4n) is 0.862. The molecule has 0 bridgehead atoms. The minimum Gasteiger partial charge on any atom is -0.477 e. The number of hydrogen-bond acceptors (Lipinski definition) is 4. The number of ether oxygens (including phenoxy) is 1. The summed E-state index contributed by atoms with van der Waals surface area (Å²) in [6.45, 7) is 2.21. The van der Waals surface area contributed by atoms with E-state index in [9.17, 15) is 4.79 Å². The van der Waals surface area contributed by atoms with E-state index < -0.39 is 0 Å². The van der Waals surface area contributed by atoms with Gasteiger partial charge in [-0.25, -0.2) is 4.98 Å². The number of aldehydes is 1. The van der Waals surface area contributed by atoms with Crippen LogP contribution in [0.1, 0.15) is 23.1 Å². The Morgan fingerprint density at radius 3 is 3.08 bits per heavy atom. The number of nitrogens with one attached hydrogen (secondary N) is 1. The molecule has 0 aromatic carbocycles. The van der Waals surface area contributed by atoms with Gasteiger partial charge in [0.15, 0.2) is 6.29 Å². The lowest BCUT2D eigenvalue weighted by molar-refractivity contribution is 0.111. The van der Waals surface area contributed by atoms with Crippen LogP contribution in [-0.4, -0.2) is 23.8 Å². The van der Waals surface area contributed by atoms with Crippen LogP contribution < -0.4 is 0 Å². The number of carbonyl (C=O) groups is 1. The summed E-state index contributed by atoms with van der Waals surface area (Å²) < 4.78 is 4.93. The van der Waals surface area contributed by atoms with Crippen LogP contribution in [0, 0.1) is 5.41 Å². The van der Waals surface area contributed by atoms with E-state index >= 15 is 0 Å². The van der Waals surface area contributed by atoms with Crippen LogP contribution >= 0.6 is 0 Å². The van der Waals surface area contributed by atoms with Gasteiger partial charge in [-0.15, -0.1) is 0 Å². The predicted octanol–water partition coefficient (Wildman–Crippen LogP) is 1.26. The van der Waals surface area contributed by atoms with Crippen molar-refractivity contribution < 1.29 is 9.53 Å². The molecule has 0 aliphatic carbocycles. The van der Waals surface area contributed by atoms with Gasteiger partial charge >= 0.3 is 0 Å². The molecule has 1 N–H and O–H groups in total. The van der Waals surface area contributed by atoms with Crippen LogP contribution in [0.2, 0.25) is 0 Å². The minimum atomic E-state index is -0.00815. The highest BCUT2D eigenvalue weighted by Gasteiger charge is 2.03. The highest BCUT2D eigenvalue weighted by Crippen LogP contribution is 1.99. The molecule has 0 aliphatic heterocycles. The molecular formula is C9H10N2O2. The third kappa shape index (κ3) is 2.37. The Labute approximate surface area is 76.1 Å². The van der Waals surface area contributed by atoms with Crippen LogP contribution in [-0.2, 0) is 4.74 Å². The normalized spacial score (nSPS) is 9.31. The smallest absolute Gasteiger partial charge is 0.232 e. The van der Waals surface area contributed by atoms with Crippen LogP contribution in [0.15, 0.2) is 18.2 Å². The quantitative estimate of drug-likeness (QED) is 0.430. The van der Waals surface area contributed by atoms with Gasteiger partial charge in [0, 0.05) is 0 Å². The Bertz CT molecular complexity index is 323. The lowest BCUT2D eigenvalue weighted by atomic mass is 10.3. The van der Waals surface area contributed by atoms with Gasteiger partial charge in [-0.3, -0.25) is 10.2 Å². The topological polar surface area (TPSA) is 63.0 Å². The predicted molar refractivity (Wildman–Crippen MR) is 48.1 cm³/mol. The highest BCUT2D eigenvalue weighted by atomic mass is 16.5. The average molecular weight is 178 g/mol. The first-order valence-electron chi connectivity index (χ1n) is 3.92. The summed E-state index contributed by atoms with van der Waals surface area (Å²) in [5.74, 6) is -0.00815. The second-order valence-corrected chi connectivity index (χ2v) is 2.33. The third-order valence-corrected chi connectivity index (χ3v) is 1.41. The fraction of sp³-hybridized carbons (Fsp3) is 0.222. The van der Waals surface area contributed by atoms with Gasteiger partial charge in [-0.05, 0) is 19.1 Å². The summed E-state index contributed by atoms with van der Waals surface area (Å²) >= 11 is 0. The van der Waals surface area contributed by atoms with Crippen molar-refractivity contribution in [1.29, 1.82) is 5.41 Å². The summed E-state index contributed by atoms with van der Waals surface area (Å²) in [6, 6.07) is 4.88. The van der Waals surface area contributed by atoms with E-state index in [1.165, 1.54) is 0 Å². The SMILES string of the molecule is CCOC(=N)c1cccc(C=O)n1. The van der Waals surface area contributed by atoms with Gasteiger partial charge < -0.3 is 4.74 Å². The van der Waals surface area contributed by atoms with E-state index in [1.807, 2.05) is 0 Å². The van der Waals surface area contributed by atoms with Crippen LogP contribution in [0.4, 0.5) is 0 Å². The Morgan fingerprint density at radius 1 is 1.69 bits per heavy atom. The van der Waals surface area contributed by atoms with Gasteiger partial charge in [0.05, 0.1) is 6.61 Å². The number of rotatable bonds is 3. The maximum Gasteiger partial charge on any atom is 0.232 e. The zero-order valence-electron chi connectivity index (χ0n) is 7.28. The third-order valence-electron chi connectivity index (χ3n) is 1.41. The average Bonchev–Trinajstić information content (AvgIpc) is 2.18. The zero-order chi connectivity index (χ0) is 9.68. The van der Waals surface area contributed by atoms with Gasteiger partial charge in [0.2, 0.25) is 5.90 Å². The fourth-order valence-corrected chi connectivity index (χ4v) is 0.862. The number of pyridine rings is 1. The lowest BCUT2D eigenvalue weighted by Crippen LogP contribution is -2.07. The van der Waals surface area contributed by atoms with E-state index in [0.717, 1.165) is 0 Å². The van der Waals surface area contributed by atoms with Crippen LogP contribution in [0.5, 0.6) is 0 Å². The van der Waals surface area contributed by atoms with Crippen molar-refractivity contribution in [3.63, 3.8) is 0 Å². The summed E-state index contributed by atoms with van der Waals surface area (Å²) in [6.07, 6.45) is 0.642. The van der Waals surface area contributed by atoms with E-state index in [2.05, 4.69) is 4.98 Å². The van der Waals surface area contributed by atoms with E-state index in [-0.39, 0.29) is 5.90 Å². The number of hydrogen-bond donors (Lipinski definition) is 1. The molecule has 0 unspecified atom stereocenters. The van der Waals surface area contributed by atoms with Crippen molar-refractivity contribution in [3.8, 4) is 0 Å². The molecule has 1 rings (SSSR count). The molecule has 0 radical (unpaired) electrons. The number of aromatic nitrogens is 1. The van der Waals surface area contributed by atoms with Crippen molar-refractivity contribution >= 4 is 12.2 Å². The van der Waals surface area contributed by atoms with Crippen molar-refractivity contribution in [1.82, 2.24) is 4.98 Å². The largest absolute Gasteiger partial charge is 0.477 e. The number of nitrogens with zero attached hydrogens (tertiary/aromatic N) is 1. The maximum absolute atomic E-state index is 10.4. The van der Waals surface area contributed by atoms with Crippen molar-refractivity contribution in [2.24, 2.45) is 0 Å². The minimum absolute atomic E-state index is 0.00815. The molecule has 0 fully saturated rings. The van der Waals surface area contributed by atoms with E-state index in [0.29, 0.717) is 24.3 Å². The first kappa shape index (κ1) is 9.38. The molecule has 1 aromatic heterocycles. The molecule has 0 aliphatic rings. The molecular weight excluding hydrogens is 168 g/mol. The van der Waals surface area contributed by atoms with Crippen molar-refractivity contribution in [2.75, 3.05) is 6.61 Å². The molecule has 0 saturated carbocycles. The summed E-state index contributed by atoms with van der Waals surface area (Å²) in [7, 11) is 0. The summed E-state index contributed by atoms with van der Waals surface area (Å²) in [5, 5.41) is 7.40. The molecule has 4 nitrogen and oxygen atoms in total. The Hall–Kier alpha value is -1.71. The molecule has 0 saturated heterocycles. The zero-order valence-corrected chi connectivity index (χ0v) is 7.28. The van der Waals surface area contributed by atoms with E-state index in [1.54, 1.807) is 25.1 Å². The standard InChI is InChI=1S/C9H10N2O2/c1-2-13-9(10)8-5-3-4-7(6-12)11-8/h3-6,10H,2H2,1H3. The second kappa shape index (κ2) is 4.35. The summed E-state index contributed by atoms with van der Waals surface area (Å²) in [5.41, 5.74) is 0.688. The monoisotopic (exact) mass is 178 g/mol. The Morgan fingerprint density at radius 2 is 2.46 bits per heavy atom. The first-order chi connectivity index (χ1) is 6.27. The molecule has 13 heavy (non-hydrogen) atoms. The van der Waals surface area contributed by atoms with Gasteiger partial charge in [-0.2, -0.15) is 0 Å². The molecule has 0 spiro atoms. The molecule has 0 atom stereocenters. The van der Waals surface area contributed by atoms with Crippen LogP contribution in [0.3, 0.4) is 0 Å². The van der Waals surface area contributed by atoms with Gasteiger partial charge in [-0.1, -0.05) is 6.07 Å². The van der Waals surface area contributed by atoms with E-state index in [4.69, 9.17) is 10.1 Å². The highest BCUT2D eigenvalue weighted by molar-refractivity contribution is 5.90. The molecule has 0 amide bonds. The van der Waals surface area contributed by atoms with Gasteiger partial charge in [0.1, 0.15) is 11.4 Å². The molecule has 4 heteroatoms. The van der Waals surface area contributed by atoms with Gasteiger partial charge in [0.25, 0.3) is 0 Å². The second-order valence-electron chi connectivity index (χ2n) is 2.33. The maximum atomic E-state index is 10.4. The summed E-state index contributed by atoms with van der Waals surface area (Å²) in [4.78, 5) is 14.3. The van der Waals surface area contributed by atoms with Crippen molar-refractivity contribution in [2.45, 2.75) is 6.92 Å². The van der Waals surface area contributed by atoms with Crippen molar-refractivity contribution in [3.05, 3.63) is 29.6 Å². The van der Waals surface area contributed by atoms with Crippen LogP contribution in [0.25, 0.3) is 0 Å². The lowest BCUT2D eigenvalue weighted by Gasteiger charge is -2.03. The number of carbonyl (C=O) groups excluding carboxylic acids is 1. The molecule has 68 valence electrons. The molecule has 1 aromatic rings. The first-order valence-corrected chi connectivity index (χ1v) is 3.92. The Kier molecular flexibility index (Phi) is 3.14. The Balaban J connectivity index is 2.88.